The van der Waals surface area contributed by atoms with E-state index in [1.807, 2.05) is 12.1 Å². The van der Waals surface area contributed by atoms with Crippen molar-refractivity contribution in [3.05, 3.63) is 59.0 Å². The van der Waals surface area contributed by atoms with Crippen LogP contribution in [0, 0.1) is 0 Å². The van der Waals surface area contributed by atoms with Gasteiger partial charge in [-0.2, -0.15) is 0 Å². The van der Waals surface area contributed by atoms with E-state index < -0.39 is 0 Å². The van der Waals surface area contributed by atoms with E-state index in [0.29, 0.717) is 18.3 Å². The Labute approximate surface area is 168 Å². The molecule has 144 valence electrons. The fourth-order valence-electron chi connectivity index (χ4n) is 4.15. The zero-order valence-corrected chi connectivity index (χ0v) is 16.1. The maximum Gasteiger partial charge on any atom is 0.216 e. The van der Waals surface area contributed by atoms with Crippen LogP contribution in [-0.2, 0) is 13.1 Å². The van der Waals surface area contributed by atoms with Crippen LogP contribution in [-0.4, -0.2) is 30.8 Å². The number of hydrogen-bond donors (Lipinski definition) is 1. The molecule has 7 nitrogen and oxygen atoms in total. The van der Waals surface area contributed by atoms with Crippen molar-refractivity contribution in [2.45, 2.75) is 50.8 Å². The molecule has 28 heavy (non-hydrogen) atoms. The van der Waals surface area contributed by atoms with Gasteiger partial charge in [0.05, 0.1) is 12.2 Å². The van der Waals surface area contributed by atoms with Gasteiger partial charge in [-0.15, -0.1) is 10.2 Å². The Hall–Kier alpha value is -2.51. The summed E-state index contributed by atoms with van der Waals surface area (Å²) in [6, 6.07) is 7.84. The number of ether oxygens (including phenoxy) is 1. The van der Waals surface area contributed by atoms with E-state index in [-0.39, 0.29) is 6.10 Å². The summed E-state index contributed by atoms with van der Waals surface area (Å²) in [6.07, 6.45) is 7.39. The highest BCUT2D eigenvalue weighted by molar-refractivity contribution is 6.30. The first kappa shape index (κ1) is 17.6. The molecule has 1 aliphatic carbocycles. The summed E-state index contributed by atoms with van der Waals surface area (Å²) >= 11 is 6.21. The molecule has 0 spiro atoms. The maximum absolute atomic E-state index is 6.21. The minimum Gasteiger partial charge on any atom is -0.474 e. The van der Waals surface area contributed by atoms with Gasteiger partial charge >= 0.3 is 0 Å². The van der Waals surface area contributed by atoms with Gasteiger partial charge in [0.15, 0.2) is 5.82 Å². The molecule has 1 aliphatic heterocycles. The number of benzene rings is 1. The number of halogens is 1. The van der Waals surface area contributed by atoms with Gasteiger partial charge in [0.1, 0.15) is 18.3 Å². The molecule has 2 aliphatic rings. The van der Waals surface area contributed by atoms with Crippen molar-refractivity contribution >= 4 is 11.6 Å². The predicted molar refractivity (Wildman–Crippen MR) is 105 cm³/mol. The van der Waals surface area contributed by atoms with Gasteiger partial charge in [-0.25, -0.2) is 9.97 Å². The van der Waals surface area contributed by atoms with Crippen molar-refractivity contribution in [2.24, 2.45) is 0 Å². The highest BCUT2D eigenvalue weighted by Gasteiger charge is 2.30. The third kappa shape index (κ3) is 3.36. The van der Waals surface area contributed by atoms with Gasteiger partial charge in [0, 0.05) is 29.7 Å². The first-order chi connectivity index (χ1) is 13.8. The average Bonchev–Trinajstić information content (AvgIpc) is 3.05. The fraction of sp³-hybridized carbons (Fsp3) is 0.400. The van der Waals surface area contributed by atoms with E-state index in [2.05, 4.69) is 36.1 Å². The molecule has 3 aromatic rings. The van der Waals surface area contributed by atoms with Crippen molar-refractivity contribution in [1.82, 2.24) is 30.0 Å². The van der Waals surface area contributed by atoms with Gasteiger partial charge in [-0.3, -0.25) is 4.57 Å². The number of nitrogens with one attached hydrogen (secondary N) is 1. The molecule has 1 fully saturated rings. The molecule has 1 N–H and O–H groups in total. The lowest BCUT2D eigenvalue weighted by Gasteiger charge is -2.28. The largest absolute Gasteiger partial charge is 0.474 e. The molecule has 2 aromatic heterocycles. The molecular formula is C20H21ClN6O. The summed E-state index contributed by atoms with van der Waals surface area (Å²) in [5.74, 6) is 3.01. The van der Waals surface area contributed by atoms with E-state index in [4.69, 9.17) is 16.3 Å². The minimum atomic E-state index is 0.186. The Balaban J connectivity index is 1.37. The molecule has 0 unspecified atom stereocenters. The molecule has 5 rings (SSSR count). The second-order valence-electron chi connectivity index (χ2n) is 7.33. The molecule has 0 radical (unpaired) electrons. The van der Waals surface area contributed by atoms with E-state index in [9.17, 15) is 0 Å². The van der Waals surface area contributed by atoms with Crippen LogP contribution in [0.4, 0.5) is 0 Å². The monoisotopic (exact) mass is 396 g/mol. The highest BCUT2D eigenvalue weighted by atomic mass is 35.5. The van der Waals surface area contributed by atoms with E-state index >= 15 is 0 Å². The van der Waals surface area contributed by atoms with E-state index in [1.165, 1.54) is 11.9 Å². The molecule has 1 aromatic carbocycles. The number of aromatic nitrogens is 5. The number of hydrogen-bond acceptors (Lipinski definition) is 6. The molecule has 0 bridgehead atoms. The molecular weight excluding hydrogens is 376 g/mol. The molecule has 0 atom stereocenters. The van der Waals surface area contributed by atoms with E-state index in [1.54, 1.807) is 12.3 Å². The second-order valence-corrected chi connectivity index (χ2v) is 7.76. The Kier molecular flexibility index (Phi) is 4.70. The lowest BCUT2D eigenvalue weighted by molar-refractivity contribution is 0.138. The van der Waals surface area contributed by atoms with Crippen molar-refractivity contribution < 1.29 is 4.74 Å². The Morgan fingerprint density at radius 1 is 1.07 bits per heavy atom. The SMILES string of the molecule is Clc1ccc2c(c1)CNCc1nnc(C3CCC(Oc4ccncn4)CC3)n1-2. The van der Waals surface area contributed by atoms with Crippen LogP contribution in [0.2, 0.25) is 5.02 Å². The maximum atomic E-state index is 6.21. The molecule has 3 heterocycles. The average molecular weight is 397 g/mol. The summed E-state index contributed by atoms with van der Waals surface area (Å²) in [6.45, 7) is 1.48. The fourth-order valence-corrected chi connectivity index (χ4v) is 4.35. The lowest BCUT2D eigenvalue weighted by atomic mass is 9.86. The van der Waals surface area contributed by atoms with Gasteiger partial charge in [-0.05, 0) is 49.4 Å². The third-order valence-electron chi connectivity index (χ3n) is 5.52. The number of fused-ring (bicyclic) bond motifs is 3. The quantitative estimate of drug-likeness (QED) is 0.730. The molecule has 0 amide bonds. The van der Waals surface area contributed by atoms with Crippen molar-refractivity contribution in [3.8, 4) is 11.6 Å². The van der Waals surface area contributed by atoms with Crippen molar-refractivity contribution in [2.75, 3.05) is 0 Å². The Morgan fingerprint density at radius 2 is 1.96 bits per heavy atom. The number of rotatable bonds is 3. The Bertz CT molecular complexity index is 968. The predicted octanol–water partition coefficient (Wildman–Crippen LogP) is 3.42. The van der Waals surface area contributed by atoms with E-state index in [0.717, 1.165) is 54.6 Å². The summed E-state index contributed by atoms with van der Waals surface area (Å²) < 4.78 is 8.23. The zero-order chi connectivity index (χ0) is 18.9. The highest BCUT2D eigenvalue weighted by Crippen LogP contribution is 2.36. The second kappa shape index (κ2) is 7.48. The first-order valence-electron chi connectivity index (χ1n) is 9.64. The Morgan fingerprint density at radius 3 is 2.79 bits per heavy atom. The molecule has 8 heteroatoms. The first-order valence-corrected chi connectivity index (χ1v) is 10.0. The van der Waals surface area contributed by atoms with Gasteiger partial charge < -0.3 is 10.1 Å². The van der Waals surface area contributed by atoms with Gasteiger partial charge in [0.25, 0.3) is 0 Å². The van der Waals surface area contributed by atoms with Crippen molar-refractivity contribution in [3.63, 3.8) is 0 Å². The third-order valence-corrected chi connectivity index (χ3v) is 5.75. The summed E-state index contributed by atoms with van der Waals surface area (Å²) in [7, 11) is 0. The van der Waals surface area contributed by atoms with Crippen LogP contribution in [0.3, 0.4) is 0 Å². The summed E-state index contributed by atoms with van der Waals surface area (Å²) in [5.41, 5.74) is 2.30. The summed E-state index contributed by atoms with van der Waals surface area (Å²) in [4.78, 5) is 8.10. The van der Waals surface area contributed by atoms with Crippen LogP contribution >= 0.6 is 11.6 Å². The van der Waals surface area contributed by atoms with Crippen LogP contribution in [0.1, 0.15) is 48.8 Å². The van der Waals surface area contributed by atoms with Crippen LogP contribution in [0.5, 0.6) is 5.88 Å². The van der Waals surface area contributed by atoms with Crippen LogP contribution in [0.15, 0.2) is 36.8 Å². The standard InChI is InChI=1S/C20H21ClN6O/c21-15-3-6-17-14(9-15)10-23-11-18-25-26-20(27(17)18)13-1-4-16(5-2-13)28-19-7-8-22-12-24-19/h3,6-9,12-13,16,23H,1-2,4-5,10-11H2. The zero-order valence-electron chi connectivity index (χ0n) is 15.4. The van der Waals surface area contributed by atoms with Gasteiger partial charge in [-0.1, -0.05) is 11.6 Å². The van der Waals surface area contributed by atoms with Gasteiger partial charge in [0.2, 0.25) is 5.88 Å². The minimum absolute atomic E-state index is 0.186. The van der Waals surface area contributed by atoms with Crippen molar-refractivity contribution in [1.29, 1.82) is 0 Å². The normalized spacial score (nSPS) is 21.5. The topological polar surface area (TPSA) is 77.8 Å². The smallest absolute Gasteiger partial charge is 0.216 e. The lowest BCUT2D eigenvalue weighted by Crippen LogP contribution is -2.25. The molecule has 0 saturated heterocycles. The molecule has 1 saturated carbocycles. The number of nitrogens with zero attached hydrogens (tertiary/aromatic N) is 5. The van der Waals surface area contributed by atoms with Crippen LogP contribution in [0.25, 0.3) is 5.69 Å². The van der Waals surface area contributed by atoms with Crippen LogP contribution < -0.4 is 10.1 Å². The summed E-state index contributed by atoms with van der Waals surface area (Å²) in [5, 5.41) is 13.2.